The van der Waals surface area contributed by atoms with Crippen molar-refractivity contribution in [2.45, 2.75) is 63.6 Å². The summed E-state index contributed by atoms with van der Waals surface area (Å²) in [5.41, 5.74) is 10.2. The molecule has 1 amide bonds. The van der Waals surface area contributed by atoms with Crippen molar-refractivity contribution in [3.05, 3.63) is 126 Å². The highest BCUT2D eigenvalue weighted by molar-refractivity contribution is 5.85. The number of carbonyl (C=O) groups is 2. The Morgan fingerprint density at radius 2 is 1.50 bits per heavy atom. The minimum Gasteiger partial charge on any atom is -0.464 e. The van der Waals surface area contributed by atoms with E-state index in [1.807, 2.05) is 29.4 Å². The number of esters is 1. The Kier molecular flexibility index (Phi) is 11.4. The third-order valence-electron chi connectivity index (χ3n) is 8.60. The third-order valence-corrected chi connectivity index (χ3v) is 8.60. The molecule has 232 valence electrons. The van der Waals surface area contributed by atoms with Gasteiger partial charge in [-0.3, -0.25) is 9.59 Å². The van der Waals surface area contributed by atoms with Gasteiger partial charge in [-0.2, -0.15) is 0 Å². The molecule has 7 nitrogen and oxygen atoms in total. The summed E-state index contributed by atoms with van der Waals surface area (Å²) >= 11 is 0. The van der Waals surface area contributed by atoms with E-state index in [0.29, 0.717) is 25.3 Å². The standard InChI is InChI=1S/C36H42N4O3.ClH/c1-27-21-22-40(33(23-27)25-43-28(2)41)35(42)34(37)20-12-19-32-24-39(26-38-32)36(29-13-6-3-7-14-29,30-15-8-4-9-16-30)31-17-10-5-11-18-31;/h3-11,13-18,24,26-27,33-34H,12,19-23,25,37H2,1-2H3;1H. The topological polar surface area (TPSA) is 90.5 Å². The lowest BCUT2D eigenvalue weighted by atomic mass is 9.77. The van der Waals surface area contributed by atoms with E-state index in [-0.39, 0.29) is 36.9 Å². The average Bonchev–Trinajstić information content (AvgIpc) is 3.50. The second kappa shape index (κ2) is 15.2. The number of nitrogens with two attached hydrogens (primary N) is 1. The quantitative estimate of drug-likeness (QED) is 0.166. The second-order valence-electron chi connectivity index (χ2n) is 11.7. The van der Waals surface area contributed by atoms with Gasteiger partial charge in [-0.15, -0.1) is 12.4 Å². The lowest BCUT2D eigenvalue weighted by molar-refractivity contribution is -0.148. The first kappa shape index (κ1) is 33.0. The van der Waals surface area contributed by atoms with Crippen LogP contribution in [-0.2, 0) is 26.3 Å². The molecule has 3 atom stereocenters. The summed E-state index contributed by atoms with van der Waals surface area (Å²) in [4.78, 5) is 31.4. The number of halogens is 1. The van der Waals surface area contributed by atoms with Gasteiger partial charge in [-0.05, 0) is 54.7 Å². The van der Waals surface area contributed by atoms with Crippen LogP contribution >= 0.6 is 12.4 Å². The largest absolute Gasteiger partial charge is 0.464 e. The lowest BCUT2D eigenvalue weighted by Crippen LogP contribution is -2.53. The molecule has 0 radical (unpaired) electrons. The van der Waals surface area contributed by atoms with E-state index in [4.69, 9.17) is 15.5 Å². The predicted molar refractivity (Wildman–Crippen MR) is 176 cm³/mol. The number of carbonyl (C=O) groups excluding carboxylic acids is 2. The maximum atomic E-state index is 13.3. The minimum atomic E-state index is -0.607. The number of hydrogen-bond donors (Lipinski definition) is 1. The number of piperidine rings is 1. The highest BCUT2D eigenvalue weighted by atomic mass is 35.5. The molecule has 3 aromatic carbocycles. The number of rotatable bonds is 11. The van der Waals surface area contributed by atoms with E-state index in [2.05, 4.69) is 90.5 Å². The van der Waals surface area contributed by atoms with Crippen LogP contribution in [-0.4, -0.2) is 51.6 Å². The molecule has 2 heterocycles. The fourth-order valence-electron chi connectivity index (χ4n) is 6.41. The number of ether oxygens (including phenoxy) is 1. The summed E-state index contributed by atoms with van der Waals surface area (Å²) in [6.45, 7) is 4.44. The summed E-state index contributed by atoms with van der Waals surface area (Å²) in [5.74, 6) is 0.0849. The van der Waals surface area contributed by atoms with Gasteiger partial charge in [0.2, 0.25) is 5.91 Å². The van der Waals surface area contributed by atoms with Crippen LogP contribution in [0.5, 0.6) is 0 Å². The number of amides is 1. The van der Waals surface area contributed by atoms with Crippen molar-refractivity contribution >= 4 is 24.3 Å². The van der Waals surface area contributed by atoms with E-state index < -0.39 is 11.6 Å². The molecule has 0 aliphatic carbocycles. The summed E-state index contributed by atoms with van der Waals surface area (Å²) in [5, 5.41) is 0. The van der Waals surface area contributed by atoms with Gasteiger partial charge in [0.25, 0.3) is 0 Å². The number of nitrogens with zero attached hydrogens (tertiary/aromatic N) is 3. The molecule has 1 fully saturated rings. The maximum absolute atomic E-state index is 13.3. The number of aryl methyl sites for hydroxylation is 1. The zero-order chi connectivity index (χ0) is 30.2. The van der Waals surface area contributed by atoms with Crippen LogP contribution in [0.1, 0.15) is 61.9 Å². The van der Waals surface area contributed by atoms with Crippen LogP contribution in [0.4, 0.5) is 0 Å². The summed E-state index contributed by atoms with van der Waals surface area (Å²) < 4.78 is 7.48. The number of hydrogen-bond acceptors (Lipinski definition) is 5. The van der Waals surface area contributed by atoms with Gasteiger partial charge in [0.05, 0.1) is 24.1 Å². The molecule has 5 rings (SSSR count). The number of likely N-dealkylation sites (tertiary alicyclic amines) is 1. The van der Waals surface area contributed by atoms with Gasteiger partial charge in [0, 0.05) is 19.7 Å². The Hall–Kier alpha value is -3.94. The van der Waals surface area contributed by atoms with Crippen molar-refractivity contribution < 1.29 is 14.3 Å². The molecule has 1 aromatic heterocycles. The van der Waals surface area contributed by atoms with Crippen molar-refractivity contribution in [1.29, 1.82) is 0 Å². The molecule has 0 saturated carbocycles. The van der Waals surface area contributed by atoms with Crippen molar-refractivity contribution in [3.63, 3.8) is 0 Å². The highest BCUT2D eigenvalue weighted by Crippen LogP contribution is 2.40. The van der Waals surface area contributed by atoms with Crippen LogP contribution in [0.15, 0.2) is 104 Å². The Morgan fingerprint density at radius 3 is 2.02 bits per heavy atom. The molecule has 1 saturated heterocycles. The van der Waals surface area contributed by atoms with Gasteiger partial charge in [-0.25, -0.2) is 4.98 Å². The van der Waals surface area contributed by atoms with Crippen LogP contribution in [0.25, 0.3) is 0 Å². The zero-order valence-electron chi connectivity index (χ0n) is 25.5. The molecule has 1 aliphatic heterocycles. The first-order chi connectivity index (χ1) is 20.9. The van der Waals surface area contributed by atoms with Crippen LogP contribution < -0.4 is 5.73 Å². The van der Waals surface area contributed by atoms with Crippen molar-refractivity contribution in [2.75, 3.05) is 13.2 Å². The molecular formula is C36H43ClN4O3. The fraction of sp³-hybridized carbons (Fsp3) is 0.361. The Morgan fingerprint density at radius 1 is 0.955 bits per heavy atom. The molecule has 1 aliphatic rings. The maximum Gasteiger partial charge on any atom is 0.302 e. The second-order valence-corrected chi connectivity index (χ2v) is 11.7. The molecule has 0 spiro atoms. The van der Waals surface area contributed by atoms with Crippen molar-refractivity contribution in [3.8, 4) is 0 Å². The van der Waals surface area contributed by atoms with Crippen molar-refractivity contribution in [2.24, 2.45) is 11.7 Å². The molecule has 8 heteroatoms. The van der Waals surface area contributed by atoms with Gasteiger partial charge in [0.15, 0.2) is 0 Å². The summed E-state index contributed by atoms with van der Waals surface area (Å²) in [7, 11) is 0. The SMILES string of the molecule is CC(=O)OCC1CC(C)CCN1C(=O)C(N)CCCc1cn(C(c2ccccc2)(c2ccccc2)c2ccccc2)cn1.Cl. The van der Waals surface area contributed by atoms with E-state index in [1.165, 1.54) is 6.92 Å². The first-order valence-corrected chi connectivity index (χ1v) is 15.3. The molecule has 3 unspecified atom stereocenters. The van der Waals surface area contributed by atoms with E-state index >= 15 is 0 Å². The van der Waals surface area contributed by atoms with Crippen molar-refractivity contribution in [1.82, 2.24) is 14.5 Å². The van der Waals surface area contributed by atoms with Crippen LogP contribution in [0.2, 0.25) is 0 Å². The molecule has 2 N–H and O–H groups in total. The fourth-order valence-corrected chi connectivity index (χ4v) is 6.41. The lowest BCUT2D eigenvalue weighted by Gasteiger charge is -2.39. The van der Waals surface area contributed by atoms with E-state index in [1.54, 1.807) is 0 Å². The Bertz CT molecular complexity index is 1380. The third kappa shape index (κ3) is 7.22. The summed E-state index contributed by atoms with van der Waals surface area (Å²) in [6.07, 6.45) is 7.78. The minimum absolute atomic E-state index is 0. The normalized spacial score (nSPS) is 17.4. The van der Waals surface area contributed by atoms with Gasteiger partial charge in [-0.1, -0.05) is 97.9 Å². The molecule has 44 heavy (non-hydrogen) atoms. The smallest absolute Gasteiger partial charge is 0.302 e. The Labute approximate surface area is 266 Å². The van der Waals surface area contributed by atoms with E-state index in [9.17, 15) is 9.59 Å². The molecular weight excluding hydrogens is 572 g/mol. The predicted octanol–water partition coefficient (Wildman–Crippen LogP) is 5.99. The molecule has 0 bridgehead atoms. The van der Waals surface area contributed by atoms with Crippen LogP contribution in [0.3, 0.4) is 0 Å². The van der Waals surface area contributed by atoms with Gasteiger partial charge >= 0.3 is 5.97 Å². The highest BCUT2D eigenvalue weighted by Gasteiger charge is 2.38. The number of benzene rings is 3. The zero-order valence-corrected chi connectivity index (χ0v) is 26.4. The molecule has 4 aromatic rings. The van der Waals surface area contributed by atoms with Crippen LogP contribution in [0, 0.1) is 5.92 Å². The summed E-state index contributed by atoms with van der Waals surface area (Å²) in [6, 6.07) is 30.8. The van der Waals surface area contributed by atoms with Gasteiger partial charge in [0.1, 0.15) is 12.1 Å². The monoisotopic (exact) mass is 614 g/mol. The average molecular weight is 615 g/mol. The Balaban J connectivity index is 0.00000442. The first-order valence-electron chi connectivity index (χ1n) is 15.3. The van der Waals surface area contributed by atoms with E-state index in [0.717, 1.165) is 41.6 Å². The van der Waals surface area contributed by atoms with Gasteiger partial charge < -0.3 is 19.9 Å². The number of imidazole rings is 1. The number of aromatic nitrogens is 2.